The number of carbonyl (C=O) groups excluding carboxylic acids is 3. The van der Waals surface area contributed by atoms with Gasteiger partial charge in [0.25, 0.3) is 11.8 Å². The molecule has 0 aliphatic carbocycles. The molecule has 1 atom stereocenters. The maximum absolute atomic E-state index is 13.7. The number of nitrogens with one attached hydrogen (secondary N) is 3. The van der Waals surface area contributed by atoms with E-state index in [4.69, 9.17) is 5.73 Å². The number of likely N-dealkylation sites (tertiary alicyclic amines) is 1. The van der Waals surface area contributed by atoms with Gasteiger partial charge in [-0.1, -0.05) is 0 Å². The third-order valence-electron chi connectivity index (χ3n) is 6.23. The second-order valence-corrected chi connectivity index (χ2v) is 8.56. The summed E-state index contributed by atoms with van der Waals surface area (Å²) in [6.45, 7) is 5.18. The molecule has 2 aromatic rings. The van der Waals surface area contributed by atoms with E-state index in [1.165, 1.54) is 18.2 Å². The molecule has 5 N–H and O–H groups in total. The van der Waals surface area contributed by atoms with Gasteiger partial charge in [-0.05, 0) is 63.1 Å². The fourth-order valence-electron chi connectivity index (χ4n) is 4.48. The molecule has 2 aliphatic rings. The minimum atomic E-state index is -0.428. The zero-order valence-electron chi connectivity index (χ0n) is 18.8. The number of anilines is 1. The number of H-pyrrole nitrogens is 1. The predicted octanol–water partition coefficient (Wildman–Crippen LogP) is 2.33. The minimum Gasteiger partial charge on any atom is -0.358 e. The smallest absolute Gasteiger partial charge is 0.256 e. The lowest BCUT2D eigenvalue weighted by atomic mass is 10.0. The van der Waals surface area contributed by atoms with Crippen LogP contribution < -0.4 is 16.4 Å². The average Bonchev–Trinajstić information content (AvgIpc) is 3.43. The van der Waals surface area contributed by atoms with Gasteiger partial charge in [-0.2, -0.15) is 0 Å². The number of nitrogens with two attached hydrogens (primary N) is 1. The standard InChI is InChI=1S/C24H28FN5O3/c1-13-20(11-18-17-10-15(25)5-6-19(17)29-23(18)32)27-14(2)22(13)24(33)28-16-7-9-30(12-16)21(31)4-3-8-26/h5-6,10-11,16,27H,3-4,7-9,12,26H2,1-2H3,(H,28,33)(H,29,32)/b18-11-/t16-/m0/s1. The minimum absolute atomic E-state index is 0.0617. The highest BCUT2D eigenvalue weighted by molar-refractivity contribution is 6.34. The van der Waals surface area contributed by atoms with Gasteiger partial charge >= 0.3 is 0 Å². The van der Waals surface area contributed by atoms with Crippen molar-refractivity contribution >= 4 is 35.1 Å². The van der Waals surface area contributed by atoms with Crippen LogP contribution in [0.4, 0.5) is 10.1 Å². The van der Waals surface area contributed by atoms with Gasteiger partial charge in [0, 0.05) is 48.2 Å². The van der Waals surface area contributed by atoms with Crippen LogP contribution in [0.25, 0.3) is 11.6 Å². The van der Waals surface area contributed by atoms with Crippen LogP contribution in [0.15, 0.2) is 18.2 Å². The van der Waals surface area contributed by atoms with Crippen molar-refractivity contribution in [3.63, 3.8) is 0 Å². The Balaban J connectivity index is 1.50. The molecule has 0 radical (unpaired) electrons. The van der Waals surface area contributed by atoms with E-state index in [1.54, 1.807) is 24.8 Å². The molecular formula is C24H28FN5O3. The van der Waals surface area contributed by atoms with E-state index in [9.17, 15) is 18.8 Å². The molecule has 1 fully saturated rings. The first-order valence-electron chi connectivity index (χ1n) is 11.1. The lowest BCUT2D eigenvalue weighted by Crippen LogP contribution is -2.38. The molecule has 8 nitrogen and oxygen atoms in total. The monoisotopic (exact) mass is 453 g/mol. The van der Waals surface area contributed by atoms with E-state index < -0.39 is 5.82 Å². The van der Waals surface area contributed by atoms with Crippen molar-refractivity contribution in [1.82, 2.24) is 15.2 Å². The van der Waals surface area contributed by atoms with Gasteiger partial charge in [-0.3, -0.25) is 14.4 Å². The number of hydrogen-bond donors (Lipinski definition) is 4. The van der Waals surface area contributed by atoms with Crippen molar-refractivity contribution in [3.8, 4) is 0 Å². The maximum atomic E-state index is 13.7. The molecule has 0 unspecified atom stereocenters. The molecule has 1 aromatic heterocycles. The van der Waals surface area contributed by atoms with Crippen molar-refractivity contribution in [1.29, 1.82) is 0 Å². The number of aryl methyl sites for hydroxylation is 1. The normalized spacial score (nSPS) is 18.5. The highest BCUT2D eigenvalue weighted by Gasteiger charge is 2.29. The molecule has 4 rings (SSSR count). The molecule has 0 spiro atoms. The quantitative estimate of drug-likeness (QED) is 0.502. The zero-order valence-corrected chi connectivity index (χ0v) is 18.8. The van der Waals surface area contributed by atoms with Gasteiger partial charge in [0.15, 0.2) is 0 Å². The van der Waals surface area contributed by atoms with Crippen LogP contribution in [0.1, 0.15) is 52.1 Å². The molecule has 1 saturated heterocycles. The number of carbonyl (C=O) groups is 3. The van der Waals surface area contributed by atoms with Crippen LogP contribution in [0.2, 0.25) is 0 Å². The van der Waals surface area contributed by atoms with Crippen molar-refractivity contribution in [2.24, 2.45) is 5.73 Å². The fourth-order valence-corrected chi connectivity index (χ4v) is 4.48. The van der Waals surface area contributed by atoms with Gasteiger partial charge < -0.3 is 26.3 Å². The number of amides is 3. The first-order valence-corrected chi connectivity index (χ1v) is 11.1. The van der Waals surface area contributed by atoms with Crippen molar-refractivity contribution in [3.05, 3.63) is 52.1 Å². The Labute approximate surface area is 191 Å². The molecule has 3 amide bonds. The summed E-state index contributed by atoms with van der Waals surface area (Å²) < 4.78 is 13.7. The van der Waals surface area contributed by atoms with Gasteiger partial charge in [-0.25, -0.2) is 4.39 Å². The summed E-state index contributed by atoms with van der Waals surface area (Å²) in [6.07, 6.45) is 3.42. The molecule has 0 saturated carbocycles. The van der Waals surface area contributed by atoms with Crippen molar-refractivity contribution in [2.75, 3.05) is 25.0 Å². The van der Waals surface area contributed by atoms with Crippen LogP contribution in [0.5, 0.6) is 0 Å². The summed E-state index contributed by atoms with van der Waals surface area (Å²) in [5.74, 6) is -0.914. The number of benzene rings is 1. The zero-order chi connectivity index (χ0) is 23.7. The Morgan fingerprint density at radius 3 is 2.88 bits per heavy atom. The van der Waals surface area contributed by atoms with Gasteiger partial charge in [0.2, 0.25) is 5.91 Å². The van der Waals surface area contributed by atoms with E-state index in [0.717, 1.165) is 0 Å². The van der Waals surface area contributed by atoms with Crippen LogP contribution in [0, 0.1) is 19.7 Å². The van der Waals surface area contributed by atoms with E-state index in [1.807, 2.05) is 0 Å². The molecule has 3 heterocycles. The molecule has 33 heavy (non-hydrogen) atoms. The highest BCUT2D eigenvalue weighted by Crippen LogP contribution is 2.34. The Hall–Kier alpha value is -3.46. The summed E-state index contributed by atoms with van der Waals surface area (Å²) in [7, 11) is 0. The third kappa shape index (κ3) is 4.54. The Morgan fingerprint density at radius 1 is 1.33 bits per heavy atom. The molecule has 174 valence electrons. The maximum Gasteiger partial charge on any atom is 0.256 e. The lowest BCUT2D eigenvalue weighted by molar-refractivity contribution is -0.130. The van der Waals surface area contributed by atoms with E-state index in [0.29, 0.717) is 78.2 Å². The Kier molecular flexibility index (Phi) is 6.33. The fraction of sp³-hybridized carbons (Fsp3) is 0.375. The molecule has 2 aliphatic heterocycles. The summed E-state index contributed by atoms with van der Waals surface area (Å²) in [5.41, 5.74) is 9.35. The number of aromatic nitrogens is 1. The third-order valence-corrected chi connectivity index (χ3v) is 6.23. The number of hydrogen-bond acceptors (Lipinski definition) is 4. The molecule has 0 bridgehead atoms. The van der Waals surface area contributed by atoms with Gasteiger partial charge in [0.1, 0.15) is 5.82 Å². The number of aromatic amines is 1. The molecule has 1 aromatic carbocycles. The van der Waals surface area contributed by atoms with Crippen LogP contribution in [-0.2, 0) is 9.59 Å². The summed E-state index contributed by atoms with van der Waals surface area (Å²) in [6, 6.07) is 4.02. The highest BCUT2D eigenvalue weighted by atomic mass is 19.1. The second-order valence-electron chi connectivity index (χ2n) is 8.56. The lowest BCUT2D eigenvalue weighted by Gasteiger charge is -2.17. The number of halogens is 1. The summed E-state index contributed by atoms with van der Waals surface area (Å²) >= 11 is 0. The van der Waals surface area contributed by atoms with E-state index in [2.05, 4.69) is 15.6 Å². The van der Waals surface area contributed by atoms with E-state index in [-0.39, 0.29) is 23.8 Å². The first-order chi connectivity index (χ1) is 15.8. The van der Waals surface area contributed by atoms with Gasteiger partial charge in [-0.15, -0.1) is 0 Å². The first kappa shape index (κ1) is 22.7. The summed E-state index contributed by atoms with van der Waals surface area (Å²) in [5, 5.41) is 5.76. The SMILES string of the molecule is Cc1[nH]c(/C=C2\C(=O)Nc3ccc(F)cc32)c(C)c1C(=O)N[C@H]1CCN(C(=O)CCCN)C1. The molecule has 9 heteroatoms. The van der Waals surface area contributed by atoms with Crippen LogP contribution in [-0.4, -0.2) is 53.3 Å². The van der Waals surface area contributed by atoms with Crippen LogP contribution >= 0.6 is 0 Å². The second kappa shape index (κ2) is 9.19. The van der Waals surface area contributed by atoms with Crippen molar-refractivity contribution in [2.45, 2.75) is 39.2 Å². The largest absolute Gasteiger partial charge is 0.358 e. The average molecular weight is 454 g/mol. The van der Waals surface area contributed by atoms with Crippen LogP contribution in [0.3, 0.4) is 0 Å². The number of nitrogens with zero attached hydrogens (tertiary/aromatic N) is 1. The van der Waals surface area contributed by atoms with Gasteiger partial charge in [0.05, 0.1) is 11.1 Å². The predicted molar refractivity (Wildman–Crippen MR) is 124 cm³/mol. The Bertz CT molecular complexity index is 1150. The number of fused-ring (bicyclic) bond motifs is 1. The molecular weight excluding hydrogens is 425 g/mol. The van der Waals surface area contributed by atoms with Crippen molar-refractivity contribution < 1.29 is 18.8 Å². The Morgan fingerprint density at radius 2 is 2.12 bits per heavy atom. The van der Waals surface area contributed by atoms with E-state index >= 15 is 0 Å². The number of rotatable bonds is 6. The topological polar surface area (TPSA) is 120 Å². The summed E-state index contributed by atoms with van der Waals surface area (Å²) in [4.78, 5) is 42.6.